The Bertz CT molecular complexity index is 452. The van der Waals surface area contributed by atoms with Gasteiger partial charge in [-0.15, -0.1) is 0 Å². The number of benzene rings is 1. The number of aliphatic carboxylic acids is 1. The lowest BCUT2D eigenvalue weighted by Crippen LogP contribution is -2.12. The van der Waals surface area contributed by atoms with Crippen LogP contribution in [0.3, 0.4) is 0 Å². The molecule has 1 aromatic carbocycles. The minimum atomic E-state index is -1.17. The first-order valence-corrected chi connectivity index (χ1v) is 6.46. The third-order valence-electron chi connectivity index (χ3n) is 3.01. The van der Waals surface area contributed by atoms with Crippen LogP contribution in [0.4, 0.5) is 0 Å². The molecule has 0 aliphatic rings. The molecule has 0 aliphatic heterocycles. The van der Waals surface area contributed by atoms with Crippen LogP contribution < -0.4 is 0 Å². The maximum absolute atomic E-state index is 11.3. The number of carboxylic acid groups (broad SMARTS) is 1. The van der Waals surface area contributed by atoms with Crippen molar-refractivity contribution < 1.29 is 19.4 Å². The highest BCUT2D eigenvalue weighted by Crippen LogP contribution is 2.20. The highest BCUT2D eigenvalue weighted by atomic mass is 16.5. The summed E-state index contributed by atoms with van der Waals surface area (Å²) in [5.41, 5.74) is 4.50. The Hall–Kier alpha value is -1.84. The summed E-state index contributed by atoms with van der Waals surface area (Å²) >= 11 is 0. The molecule has 1 N–H and O–H groups in total. The molecule has 1 aromatic rings. The molecule has 0 heterocycles. The molecule has 0 atom stereocenters. The Morgan fingerprint density at radius 3 is 2.11 bits per heavy atom. The highest BCUT2D eigenvalue weighted by molar-refractivity contribution is 5.90. The molecule has 0 saturated carbocycles. The maximum atomic E-state index is 11.3. The van der Waals surface area contributed by atoms with Crippen LogP contribution in [0.5, 0.6) is 0 Å². The van der Waals surface area contributed by atoms with Crippen molar-refractivity contribution in [3.63, 3.8) is 0 Å². The summed E-state index contributed by atoms with van der Waals surface area (Å²) in [6.45, 7) is 6.30. The van der Waals surface area contributed by atoms with Crippen LogP contribution in [0.25, 0.3) is 0 Å². The fourth-order valence-corrected chi connectivity index (χ4v) is 2.12. The minimum absolute atomic E-state index is 0.152. The number of carbonyl (C=O) groups is 2. The lowest BCUT2D eigenvalue weighted by Gasteiger charge is -2.14. The molecule has 4 heteroatoms. The van der Waals surface area contributed by atoms with Crippen LogP contribution in [0.1, 0.15) is 42.5 Å². The normalized spacial score (nSPS) is 10.3. The summed E-state index contributed by atoms with van der Waals surface area (Å²) in [6.07, 6.45) is 1.13. The molecule has 0 unspecified atom stereocenters. The zero-order chi connectivity index (χ0) is 14.4. The molecule has 104 valence electrons. The van der Waals surface area contributed by atoms with Crippen LogP contribution in [0.2, 0.25) is 0 Å². The van der Waals surface area contributed by atoms with E-state index in [2.05, 4.69) is 26.0 Å². The molecule has 0 aliphatic carbocycles. The van der Waals surface area contributed by atoms with Gasteiger partial charge in [0.1, 0.15) is 13.0 Å². The number of hydrogen-bond acceptors (Lipinski definition) is 3. The molecule has 19 heavy (non-hydrogen) atoms. The molecule has 0 bridgehead atoms. The van der Waals surface area contributed by atoms with Crippen LogP contribution in [-0.2, 0) is 33.8 Å². The van der Waals surface area contributed by atoms with Crippen molar-refractivity contribution in [1.82, 2.24) is 0 Å². The van der Waals surface area contributed by atoms with Gasteiger partial charge in [0, 0.05) is 0 Å². The van der Waals surface area contributed by atoms with E-state index in [1.54, 1.807) is 0 Å². The highest BCUT2D eigenvalue weighted by Gasteiger charge is 2.13. The van der Waals surface area contributed by atoms with E-state index in [4.69, 9.17) is 9.84 Å². The van der Waals surface area contributed by atoms with Gasteiger partial charge in [0.25, 0.3) is 0 Å². The van der Waals surface area contributed by atoms with Crippen molar-refractivity contribution in [2.45, 2.75) is 46.6 Å². The van der Waals surface area contributed by atoms with E-state index >= 15 is 0 Å². The van der Waals surface area contributed by atoms with E-state index in [-0.39, 0.29) is 6.61 Å². The molecular formula is C15H20O4. The first-order valence-electron chi connectivity index (χ1n) is 6.46. The van der Waals surface area contributed by atoms with Gasteiger partial charge in [-0.05, 0) is 36.5 Å². The van der Waals surface area contributed by atoms with Gasteiger partial charge in [-0.25, -0.2) is 0 Å². The number of carbonyl (C=O) groups excluding carboxylic acids is 1. The molecule has 0 saturated heterocycles. The standard InChI is InChI=1S/C15H20O4/c1-4-11-6-10(3)7-12(5-2)13(11)9-19-15(18)8-14(16)17/h6-7H,4-5,8-9H2,1-3H3,(H,16,17). The SMILES string of the molecule is CCc1cc(C)cc(CC)c1COC(=O)CC(=O)O. The zero-order valence-corrected chi connectivity index (χ0v) is 11.7. The van der Waals surface area contributed by atoms with E-state index in [9.17, 15) is 9.59 Å². The van der Waals surface area contributed by atoms with Crippen molar-refractivity contribution in [1.29, 1.82) is 0 Å². The fourth-order valence-electron chi connectivity index (χ4n) is 2.12. The van der Waals surface area contributed by atoms with E-state index in [0.717, 1.165) is 29.5 Å². The number of aryl methyl sites for hydroxylation is 3. The lowest BCUT2D eigenvalue weighted by atomic mass is 9.95. The third-order valence-corrected chi connectivity index (χ3v) is 3.01. The average molecular weight is 264 g/mol. The van der Waals surface area contributed by atoms with E-state index in [1.807, 2.05) is 6.92 Å². The first kappa shape index (κ1) is 15.2. The van der Waals surface area contributed by atoms with Gasteiger partial charge in [-0.1, -0.05) is 31.5 Å². The van der Waals surface area contributed by atoms with Gasteiger partial charge < -0.3 is 9.84 Å². The van der Waals surface area contributed by atoms with Crippen LogP contribution in [0, 0.1) is 6.92 Å². The van der Waals surface area contributed by atoms with Gasteiger partial charge in [0.2, 0.25) is 0 Å². The van der Waals surface area contributed by atoms with Crippen molar-refractivity contribution in [3.05, 3.63) is 34.4 Å². The molecule has 0 amide bonds. The number of ether oxygens (including phenoxy) is 1. The molecule has 0 radical (unpaired) electrons. The average Bonchev–Trinajstić information content (AvgIpc) is 2.35. The second kappa shape index (κ2) is 6.92. The quantitative estimate of drug-likeness (QED) is 0.633. The van der Waals surface area contributed by atoms with Crippen molar-refractivity contribution in [3.8, 4) is 0 Å². The largest absolute Gasteiger partial charge is 0.481 e. The van der Waals surface area contributed by atoms with Gasteiger partial charge >= 0.3 is 11.9 Å². The summed E-state index contributed by atoms with van der Waals surface area (Å²) in [7, 11) is 0. The monoisotopic (exact) mass is 264 g/mol. The van der Waals surface area contributed by atoms with E-state index in [0.29, 0.717) is 0 Å². The van der Waals surface area contributed by atoms with Crippen LogP contribution >= 0.6 is 0 Å². The third kappa shape index (κ3) is 4.39. The predicted octanol–water partition coefficient (Wildman–Crippen LogP) is 2.64. The number of carboxylic acids is 1. The first-order chi connectivity index (χ1) is 8.97. The van der Waals surface area contributed by atoms with E-state index in [1.165, 1.54) is 5.56 Å². The predicted molar refractivity (Wildman–Crippen MR) is 72.0 cm³/mol. The van der Waals surface area contributed by atoms with Crippen molar-refractivity contribution in [2.75, 3.05) is 0 Å². The second-order valence-electron chi connectivity index (χ2n) is 4.50. The number of esters is 1. The smallest absolute Gasteiger partial charge is 0.317 e. The Balaban J connectivity index is 2.87. The lowest BCUT2D eigenvalue weighted by molar-refractivity contribution is -0.152. The molecule has 0 spiro atoms. The Labute approximate surface area is 113 Å². The van der Waals surface area contributed by atoms with Crippen molar-refractivity contribution in [2.24, 2.45) is 0 Å². The maximum Gasteiger partial charge on any atom is 0.317 e. The van der Waals surface area contributed by atoms with E-state index < -0.39 is 18.4 Å². The van der Waals surface area contributed by atoms with Gasteiger partial charge in [-0.3, -0.25) is 9.59 Å². The molecule has 0 fully saturated rings. The zero-order valence-electron chi connectivity index (χ0n) is 11.7. The Kier molecular flexibility index (Phi) is 5.55. The number of rotatable bonds is 6. The molecule has 1 rings (SSSR count). The van der Waals surface area contributed by atoms with Crippen LogP contribution in [-0.4, -0.2) is 17.0 Å². The Morgan fingerprint density at radius 2 is 1.68 bits per heavy atom. The molecule has 0 aromatic heterocycles. The van der Waals surface area contributed by atoms with Gasteiger partial charge in [0.15, 0.2) is 0 Å². The van der Waals surface area contributed by atoms with Crippen LogP contribution in [0.15, 0.2) is 12.1 Å². The molecular weight excluding hydrogens is 244 g/mol. The summed E-state index contributed by atoms with van der Waals surface area (Å²) in [5, 5.41) is 8.52. The summed E-state index contributed by atoms with van der Waals surface area (Å²) in [5.74, 6) is -1.86. The summed E-state index contributed by atoms with van der Waals surface area (Å²) in [4.78, 5) is 21.7. The number of hydrogen-bond donors (Lipinski definition) is 1. The Morgan fingerprint density at radius 1 is 1.16 bits per heavy atom. The minimum Gasteiger partial charge on any atom is -0.481 e. The summed E-state index contributed by atoms with van der Waals surface area (Å²) in [6, 6.07) is 4.17. The summed E-state index contributed by atoms with van der Waals surface area (Å²) < 4.78 is 5.04. The second-order valence-corrected chi connectivity index (χ2v) is 4.50. The molecule has 4 nitrogen and oxygen atoms in total. The van der Waals surface area contributed by atoms with Gasteiger partial charge in [0.05, 0.1) is 0 Å². The van der Waals surface area contributed by atoms with Gasteiger partial charge in [-0.2, -0.15) is 0 Å². The fraction of sp³-hybridized carbons (Fsp3) is 0.467. The van der Waals surface area contributed by atoms with Crippen molar-refractivity contribution >= 4 is 11.9 Å². The topological polar surface area (TPSA) is 63.6 Å².